The standard InChI is InChI=1S/C19H27NO5/c1-14(2)25-17-6-4-3-5-15(17)13-18(21)20(10-7-19(22)23)16-8-11-24-12-9-16/h3-6,14,16H,7-13H2,1-2H3,(H,22,23). The first-order chi connectivity index (χ1) is 12.0. The van der Waals surface area contributed by atoms with Crippen molar-refractivity contribution in [2.24, 2.45) is 0 Å². The lowest BCUT2D eigenvalue weighted by Crippen LogP contribution is -2.45. The van der Waals surface area contributed by atoms with Crippen molar-refractivity contribution in [1.29, 1.82) is 0 Å². The Labute approximate surface area is 148 Å². The number of aliphatic carboxylic acids is 1. The predicted octanol–water partition coefficient (Wildman–Crippen LogP) is 2.50. The summed E-state index contributed by atoms with van der Waals surface area (Å²) in [6, 6.07) is 7.55. The smallest absolute Gasteiger partial charge is 0.305 e. The van der Waals surface area contributed by atoms with Gasteiger partial charge in [-0.1, -0.05) is 18.2 Å². The number of carbonyl (C=O) groups excluding carboxylic acids is 1. The zero-order valence-electron chi connectivity index (χ0n) is 14.9. The van der Waals surface area contributed by atoms with E-state index in [-0.39, 0.29) is 37.4 Å². The van der Waals surface area contributed by atoms with E-state index in [1.807, 2.05) is 38.1 Å². The van der Waals surface area contributed by atoms with Gasteiger partial charge in [0.05, 0.1) is 18.9 Å². The summed E-state index contributed by atoms with van der Waals surface area (Å²) in [6.07, 6.45) is 1.67. The number of hydrogen-bond donors (Lipinski definition) is 1. The monoisotopic (exact) mass is 349 g/mol. The molecule has 6 heteroatoms. The van der Waals surface area contributed by atoms with Gasteiger partial charge in [0.2, 0.25) is 5.91 Å². The lowest BCUT2D eigenvalue weighted by molar-refractivity contribution is -0.140. The van der Waals surface area contributed by atoms with Crippen LogP contribution in [0.3, 0.4) is 0 Å². The highest BCUT2D eigenvalue weighted by Crippen LogP contribution is 2.22. The van der Waals surface area contributed by atoms with E-state index in [2.05, 4.69) is 0 Å². The van der Waals surface area contributed by atoms with Crippen molar-refractivity contribution in [3.8, 4) is 5.75 Å². The molecule has 1 N–H and O–H groups in total. The Morgan fingerprint density at radius 3 is 2.60 bits per heavy atom. The number of ether oxygens (including phenoxy) is 2. The van der Waals surface area contributed by atoms with Crippen molar-refractivity contribution in [3.63, 3.8) is 0 Å². The molecule has 2 rings (SSSR count). The van der Waals surface area contributed by atoms with Crippen molar-refractivity contribution >= 4 is 11.9 Å². The van der Waals surface area contributed by atoms with Gasteiger partial charge < -0.3 is 19.5 Å². The average Bonchev–Trinajstić information content (AvgIpc) is 2.57. The van der Waals surface area contributed by atoms with E-state index < -0.39 is 5.97 Å². The van der Waals surface area contributed by atoms with Gasteiger partial charge in [-0.2, -0.15) is 0 Å². The largest absolute Gasteiger partial charge is 0.491 e. The zero-order chi connectivity index (χ0) is 18.2. The minimum Gasteiger partial charge on any atom is -0.491 e. The second-order valence-corrected chi connectivity index (χ2v) is 6.53. The summed E-state index contributed by atoms with van der Waals surface area (Å²) in [5.74, 6) is -0.252. The lowest BCUT2D eigenvalue weighted by atomic mass is 10.0. The molecule has 1 aliphatic rings. The van der Waals surface area contributed by atoms with Crippen LogP contribution in [0, 0.1) is 0 Å². The molecule has 1 aromatic rings. The van der Waals surface area contributed by atoms with Gasteiger partial charge in [0, 0.05) is 31.4 Å². The van der Waals surface area contributed by atoms with Crippen LogP contribution in [0.15, 0.2) is 24.3 Å². The summed E-state index contributed by atoms with van der Waals surface area (Å²) < 4.78 is 11.1. The van der Waals surface area contributed by atoms with Crippen LogP contribution in [0.1, 0.15) is 38.7 Å². The zero-order valence-corrected chi connectivity index (χ0v) is 14.9. The number of para-hydroxylation sites is 1. The normalized spacial score (nSPS) is 15.2. The van der Waals surface area contributed by atoms with Crippen molar-refractivity contribution in [3.05, 3.63) is 29.8 Å². The van der Waals surface area contributed by atoms with E-state index in [4.69, 9.17) is 14.6 Å². The van der Waals surface area contributed by atoms with Crippen molar-refractivity contribution in [2.45, 2.75) is 51.7 Å². The molecule has 138 valence electrons. The first-order valence-electron chi connectivity index (χ1n) is 8.81. The lowest BCUT2D eigenvalue weighted by Gasteiger charge is -2.34. The fourth-order valence-electron chi connectivity index (χ4n) is 3.01. The molecule has 0 unspecified atom stereocenters. The molecular formula is C19H27NO5. The molecule has 1 fully saturated rings. The molecular weight excluding hydrogens is 322 g/mol. The van der Waals surface area contributed by atoms with Crippen LogP contribution in [-0.4, -0.2) is 53.8 Å². The van der Waals surface area contributed by atoms with Crippen molar-refractivity contribution in [1.82, 2.24) is 4.90 Å². The number of hydrogen-bond acceptors (Lipinski definition) is 4. The van der Waals surface area contributed by atoms with Crippen molar-refractivity contribution in [2.75, 3.05) is 19.8 Å². The van der Waals surface area contributed by atoms with E-state index >= 15 is 0 Å². The molecule has 1 saturated heterocycles. The van der Waals surface area contributed by atoms with E-state index in [0.717, 1.165) is 18.4 Å². The Bertz CT molecular complexity index is 581. The number of carboxylic acid groups (broad SMARTS) is 1. The summed E-state index contributed by atoms with van der Waals surface area (Å²) in [7, 11) is 0. The van der Waals surface area contributed by atoms with Gasteiger partial charge in [0.15, 0.2) is 0 Å². The fourth-order valence-corrected chi connectivity index (χ4v) is 3.01. The molecule has 1 aliphatic heterocycles. The summed E-state index contributed by atoms with van der Waals surface area (Å²) in [4.78, 5) is 25.6. The average molecular weight is 349 g/mol. The third kappa shape index (κ3) is 6.05. The summed E-state index contributed by atoms with van der Waals surface area (Å²) in [6.45, 7) is 5.33. The molecule has 6 nitrogen and oxygen atoms in total. The number of rotatable bonds is 8. The maximum atomic E-state index is 12.9. The molecule has 0 atom stereocenters. The minimum absolute atomic E-state index is 0.0230. The molecule has 0 spiro atoms. The molecule has 1 amide bonds. The molecule has 25 heavy (non-hydrogen) atoms. The Kier molecular flexibility index (Phi) is 7.25. The number of carboxylic acids is 1. The molecule has 0 aromatic heterocycles. The SMILES string of the molecule is CC(C)Oc1ccccc1CC(=O)N(CCC(=O)O)C1CCOCC1. The highest BCUT2D eigenvalue weighted by Gasteiger charge is 2.26. The molecule has 1 heterocycles. The van der Waals surface area contributed by atoms with Gasteiger partial charge in [-0.15, -0.1) is 0 Å². The van der Waals surface area contributed by atoms with E-state index in [0.29, 0.717) is 19.0 Å². The Hall–Kier alpha value is -2.08. The first kappa shape index (κ1) is 19.2. The molecule has 0 aliphatic carbocycles. The summed E-state index contributed by atoms with van der Waals surface area (Å²) >= 11 is 0. The molecule has 0 bridgehead atoms. The topological polar surface area (TPSA) is 76.1 Å². The number of carbonyl (C=O) groups is 2. The first-order valence-corrected chi connectivity index (χ1v) is 8.81. The quantitative estimate of drug-likeness (QED) is 0.780. The van der Waals surface area contributed by atoms with E-state index in [1.54, 1.807) is 4.90 Å². The molecule has 0 radical (unpaired) electrons. The van der Waals surface area contributed by atoms with Crippen LogP contribution in [0.4, 0.5) is 0 Å². The van der Waals surface area contributed by atoms with Crippen LogP contribution in [0.5, 0.6) is 5.75 Å². The summed E-state index contributed by atoms with van der Waals surface area (Å²) in [5.41, 5.74) is 0.827. The fraction of sp³-hybridized carbons (Fsp3) is 0.579. The van der Waals surface area contributed by atoms with Crippen LogP contribution in [0.2, 0.25) is 0 Å². The Morgan fingerprint density at radius 1 is 1.28 bits per heavy atom. The number of benzene rings is 1. The van der Waals surface area contributed by atoms with Crippen LogP contribution in [-0.2, 0) is 20.7 Å². The van der Waals surface area contributed by atoms with Crippen LogP contribution in [0.25, 0.3) is 0 Å². The van der Waals surface area contributed by atoms with Crippen LogP contribution < -0.4 is 4.74 Å². The third-order valence-electron chi connectivity index (χ3n) is 4.20. The highest BCUT2D eigenvalue weighted by atomic mass is 16.5. The van der Waals surface area contributed by atoms with Gasteiger partial charge in [-0.05, 0) is 32.8 Å². The van der Waals surface area contributed by atoms with Gasteiger partial charge in [0.25, 0.3) is 0 Å². The second kappa shape index (κ2) is 9.42. The van der Waals surface area contributed by atoms with Gasteiger partial charge in [-0.25, -0.2) is 0 Å². The van der Waals surface area contributed by atoms with Crippen molar-refractivity contribution < 1.29 is 24.2 Å². The van der Waals surface area contributed by atoms with Crippen LogP contribution >= 0.6 is 0 Å². The van der Waals surface area contributed by atoms with Gasteiger partial charge in [-0.3, -0.25) is 9.59 Å². The number of nitrogens with zero attached hydrogens (tertiary/aromatic N) is 1. The second-order valence-electron chi connectivity index (χ2n) is 6.53. The highest BCUT2D eigenvalue weighted by molar-refractivity contribution is 5.80. The maximum Gasteiger partial charge on any atom is 0.305 e. The van der Waals surface area contributed by atoms with E-state index in [9.17, 15) is 9.59 Å². The van der Waals surface area contributed by atoms with Gasteiger partial charge in [0.1, 0.15) is 5.75 Å². The molecule has 1 aromatic carbocycles. The Balaban J connectivity index is 2.11. The molecule has 0 saturated carbocycles. The minimum atomic E-state index is -0.895. The van der Waals surface area contributed by atoms with Gasteiger partial charge >= 0.3 is 5.97 Å². The maximum absolute atomic E-state index is 12.9. The van der Waals surface area contributed by atoms with E-state index in [1.165, 1.54) is 0 Å². The predicted molar refractivity (Wildman–Crippen MR) is 93.7 cm³/mol. The third-order valence-corrected chi connectivity index (χ3v) is 4.20. The number of amides is 1. The summed E-state index contributed by atoms with van der Waals surface area (Å²) in [5, 5.41) is 8.99. The Morgan fingerprint density at radius 2 is 1.96 bits per heavy atom.